The Kier molecular flexibility index (Phi) is 3.93. The molecule has 0 saturated carbocycles. The maximum absolute atomic E-state index is 4.97. The number of hydrazine groups is 1. The summed E-state index contributed by atoms with van der Waals surface area (Å²) in [7, 11) is 0. The Bertz CT molecular complexity index is 62.7. The van der Waals surface area contributed by atoms with E-state index in [9.17, 15) is 0 Å². The zero-order valence-corrected chi connectivity index (χ0v) is 5.22. The van der Waals surface area contributed by atoms with Crippen molar-refractivity contribution in [3.8, 4) is 0 Å². The van der Waals surface area contributed by atoms with Crippen LogP contribution in [0.1, 0.15) is 19.8 Å². The zero-order chi connectivity index (χ0) is 5.70. The van der Waals surface area contributed by atoms with E-state index in [0.29, 0.717) is 0 Å². The van der Waals surface area contributed by atoms with Gasteiger partial charge in [-0.25, -0.2) is 0 Å². The van der Waals surface area contributed by atoms with Gasteiger partial charge in [0.05, 0.1) is 4.99 Å². The molecule has 0 atom stereocenters. The first kappa shape index (κ1) is 6.85. The van der Waals surface area contributed by atoms with Gasteiger partial charge in [-0.2, -0.15) is 0 Å². The van der Waals surface area contributed by atoms with Gasteiger partial charge in [-0.3, -0.25) is 5.84 Å². The molecule has 42 valence electrons. The van der Waals surface area contributed by atoms with Gasteiger partial charge in [0.2, 0.25) is 0 Å². The molecule has 0 radical (unpaired) electrons. The summed E-state index contributed by atoms with van der Waals surface area (Å²) in [6.07, 6.45) is 1.95. The lowest BCUT2D eigenvalue weighted by Crippen LogP contribution is -2.27. The number of hydrogen-bond donors (Lipinski definition) is 2. The van der Waals surface area contributed by atoms with E-state index in [1.165, 1.54) is 0 Å². The predicted octanol–water partition coefficient (Wildman–Crippen LogP) is 0.577. The second kappa shape index (κ2) is 4.02. The van der Waals surface area contributed by atoms with E-state index in [2.05, 4.69) is 12.3 Å². The second-order valence-corrected chi connectivity index (χ2v) is 1.81. The molecule has 0 amide bonds. The van der Waals surface area contributed by atoms with Crippen molar-refractivity contribution in [2.45, 2.75) is 19.8 Å². The summed E-state index contributed by atoms with van der Waals surface area (Å²) in [5.41, 5.74) is 2.40. The van der Waals surface area contributed by atoms with E-state index < -0.39 is 0 Å². The van der Waals surface area contributed by atoms with E-state index >= 15 is 0 Å². The molecule has 0 aromatic carbocycles. The first-order valence-corrected chi connectivity index (χ1v) is 2.71. The molecule has 0 aromatic heterocycles. The molecule has 0 spiro atoms. The molecule has 0 heterocycles. The Morgan fingerprint density at radius 1 is 1.86 bits per heavy atom. The predicted molar refractivity (Wildman–Crippen MR) is 34.8 cm³/mol. The van der Waals surface area contributed by atoms with Crippen molar-refractivity contribution in [2.75, 3.05) is 0 Å². The summed E-state index contributed by atoms with van der Waals surface area (Å²) in [6.45, 7) is 2.06. The fraction of sp³-hybridized carbons (Fsp3) is 0.750. The molecular formula is C4H10N2S. The second-order valence-electron chi connectivity index (χ2n) is 1.32. The van der Waals surface area contributed by atoms with Gasteiger partial charge in [-0.1, -0.05) is 19.1 Å². The number of nitrogens with two attached hydrogens (primary N) is 1. The molecule has 2 nitrogen and oxygen atoms in total. The zero-order valence-electron chi connectivity index (χ0n) is 4.40. The number of hydrogen-bond acceptors (Lipinski definition) is 2. The number of rotatable bonds is 2. The number of thiocarbonyl (C=S) groups is 1. The molecule has 0 bridgehead atoms. The highest BCUT2D eigenvalue weighted by molar-refractivity contribution is 7.80. The van der Waals surface area contributed by atoms with Gasteiger partial charge in [0.25, 0.3) is 0 Å². The first-order chi connectivity index (χ1) is 3.31. The maximum atomic E-state index is 4.97. The third-order valence-corrected chi connectivity index (χ3v) is 0.960. The van der Waals surface area contributed by atoms with Crippen molar-refractivity contribution in [1.82, 2.24) is 5.43 Å². The van der Waals surface area contributed by atoms with Gasteiger partial charge in [-0.05, 0) is 12.8 Å². The molecule has 7 heavy (non-hydrogen) atoms. The number of nitrogens with one attached hydrogen (secondary N) is 1. The van der Waals surface area contributed by atoms with Crippen molar-refractivity contribution >= 4 is 17.2 Å². The van der Waals surface area contributed by atoms with Gasteiger partial charge in [0, 0.05) is 0 Å². The summed E-state index contributed by atoms with van der Waals surface area (Å²) in [5.74, 6) is 4.97. The summed E-state index contributed by atoms with van der Waals surface area (Å²) in [4.78, 5) is 0.738. The van der Waals surface area contributed by atoms with Gasteiger partial charge in [-0.15, -0.1) is 0 Å². The van der Waals surface area contributed by atoms with Crippen molar-refractivity contribution in [2.24, 2.45) is 5.84 Å². The Balaban J connectivity index is 3.00. The molecule has 0 fully saturated rings. The van der Waals surface area contributed by atoms with Crippen molar-refractivity contribution in [3.63, 3.8) is 0 Å². The maximum Gasteiger partial charge on any atom is 0.0893 e. The summed E-state index contributed by atoms with van der Waals surface area (Å²) in [5, 5.41) is 0. The smallest absolute Gasteiger partial charge is 0.0893 e. The molecule has 3 N–H and O–H groups in total. The summed E-state index contributed by atoms with van der Waals surface area (Å²) >= 11 is 4.72. The monoisotopic (exact) mass is 118 g/mol. The van der Waals surface area contributed by atoms with Crippen LogP contribution in [0, 0.1) is 0 Å². The van der Waals surface area contributed by atoms with Crippen molar-refractivity contribution in [1.29, 1.82) is 0 Å². The largest absolute Gasteiger partial charge is 0.318 e. The molecule has 0 aliphatic carbocycles. The van der Waals surface area contributed by atoms with Gasteiger partial charge in [0.1, 0.15) is 0 Å². The van der Waals surface area contributed by atoms with Gasteiger partial charge >= 0.3 is 0 Å². The Morgan fingerprint density at radius 2 is 2.43 bits per heavy atom. The first-order valence-electron chi connectivity index (χ1n) is 2.30. The van der Waals surface area contributed by atoms with Gasteiger partial charge < -0.3 is 5.43 Å². The van der Waals surface area contributed by atoms with Crippen LogP contribution in [0.5, 0.6) is 0 Å². The Hall–Kier alpha value is -0.150. The molecule has 0 aromatic rings. The van der Waals surface area contributed by atoms with E-state index in [-0.39, 0.29) is 0 Å². The minimum absolute atomic E-state index is 0.738. The lowest BCUT2D eigenvalue weighted by molar-refractivity contribution is 0.930. The summed E-state index contributed by atoms with van der Waals surface area (Å²) < 4.78 is 0. The fourth-order valence-electron chi connectivity index (χ4n) is 0.299. The average molecular weight is 118 g/mol. The lowest BCUT2D eigenvalue weighted by atomic mass is 10.3. The van der Waals surface area contributed by atoms with E-state index in [1.54, 1.807) is 0 Å². The highest BCUT2D eigenvalue weighted by Crippen LogP contribution is 1.85. The van der Waals surface area contributed by atoms with Crippen LogP contribution in [0.4, 0.5) is 0 Å². The van der Waals surface area contributed by atoms with Crippen LogP contribution in [0.15, 0.2) is 0 Å². The molecule has 0 rings (SSSR count). The highest BCUT2D eigenvalue weighted by atomic mass is 32.1. The molecular weight excluding hydrogens is 108 g/mol. The molecule has 0 unspecified atom stereocenters. The molecule has 3 heteroatoms. The normalized spacial score (nSPS) is 8.29. The van der Waals surface area contributed by atoms with Crippen LogP contribution < -0.4 is 11.3 Å². The van der Waals surface area contributed by atoms with E-state index in [1.807, 2.05) is 0 Å². The molecule has 0 aliphatic rings. The fourth-order valence-corrected chi connectivity index (χ4v) is 0.503. The quantitative estimate of drug-likeness (QED) is 0.316. The molecule has 0 aliphatic heterocycles. The van der Waals surface area contributed by atoms with Crippen LogP contribution in [-0.2, 0) is 0 Å². The van der Waals surface area contributed by atoms with Crippen molar-refractivity contribution < 1.29 is 0 Å². The van der Waals surface area contributed by atoms with Gasteiger partial charge in [0.15, 0.2) is 0 Å². The Morgan fingerprint density at radius 3 is 2.57 bits per heavy atom. The summed E-state index contributed by atoms with van der Waals surface area (Å²) in [6, 6.07) is 0. The minimum atomic E-state index is 0.738. The average Bonchev–Trinajstić information content (AvgIpc) is 1.68. The van der Waals surface area contributed by atoms with Crippen LogP contribution in [0.2, 0.25) is 0 Å². The van der Waals surface area contributed by atoms with E-state index in [0.717, 1.165) is 17.8 Å². The lowest BCUT2D eigenvalue weighted by Gasteiger charge is -1.95. The van der Waals surface area contributed by atoms with Crippen LogP contribution in [-0.4, -0.2) is 4.99 Å². The van der Waals surface area contributed by atoms with Crippen molar-refractivity contribution in [3.05, 3.63) is 0 Å². The molecule has 0 saturated heterocycles. The van der Waals surface area contributed by atoms with Crippen LogP contribution in [0.3, 0.4) is 0 Å². The van der Waals surface area contributed by atoms with Crippen LogP contribution >= 0.6 is 12.2 Å². The topological polar surface area (TPSA) is 38.0 Å². The van der Waals surface area contributed by atoms with Crippen LogP contribution in [0.25, 0.3) is 0 Å². The third kappa shape index (κ3) is 3.69. The van der Waals surface area contributed by atoms with E-state index in [4.69, 9.17) is 18.1 Å². The highest BCUT2D eigenvalue weighted by Gasteiger charge is 1.85. The Labute approximate surface area is 49.1 Å². The SMILES string of the molecule is CCCC(=S)NN. The third-order valence-electron chi connectivity index (χ3n) is 0.638. The minimum Gasteiger partial charge on any atom is -0.318 e. The standard InChI is InChI=1S/C4H10N2S/c1-2-3-4(7)6-5/h2-3,5H2,1H3,(H,6,7).